The molecule has 9 nitrogen and oxygen atoms in total. The summed E-state index contributed by atoms with van der Waals surface area (Å²) in [6.07, 6.45) is -7.23. The number of aliphatic carboxylic acids is 1. The minimum Gasteiger partial charge on any atom is -0.480 e. The van der Waals surface area contributed by atoms with E-state index in [-0.39, 0.29) is 0 Å². The van der Waals surface area contributed by atoms with Crippen molar-refractivity contribution in [3.63, 3.8) is 0 Å². The van der Waals surface area contributed by atoms with Crippen LogP contribution in [-0.2, 0) is 14.3 Å². The first-order valence-corrected chi connectivity index (χ1v) is 6.38. The molecular weight excluding hydrogens is 274 g/mol. The fourth-order valence-corrected chi connectivity index (χ4v) is 2.42. The van der Waals surface area contributed by atoms with Crippen LogP contribution in [-0.4, -0.2) is 87.5 Å². The molecule has 2 heterocycles. The molecule has 0 bridgehead atoms. The van der Waals surface area contributed by atoms with E-state index in [4.69, 9.17) is 19.7 Å². The molecule has 2 fully saturated rings. The van der Waals surface area contributed by atoms with E-state index < -0.39 is 55.4 Å². The number of rotatable bonds is 4. The first-order chi connectivity index (χ1) is 9.45. The molecule has 0 aromatic heterocycles. The van der Waals surface area contributed by atoms with E-state index >= 15 is 0 Å². The van der Waals surface area contributed by atoms with Gasteiger partial charge in [0.25, 0.3) is 0 Å². The number of carbonyl (C=O) groups is 1. The van der Waals surface area contributed by atoms with E-state index in [1.165, 1.54) is 0 Å². The van der Waals surface area contributed by atoms with E-state index in [0.717, 1.165) is 0 Å². The van der Waals surface area contributed by atoms with Crippen LogP contribution in [0.1, 0.15) is 6.42 Å². The molecule has 0 amide bonds. The largest absolute Gasteiger partial charge is 0.480 e. The fraction of sp³-hybridized carbons (Fsp3) is 0.909. The van der Waals surface area contributed by atoms with Crippen LogP contribution < -0.4 is 5.32 Å². The van der Waals surface area contributed by atoms with Gasteiger partial charge in [0.1, 0.15) is 30.5 Å². The number of aliphatic hydroxyl groups is 4. The molecule has 2 aliphatic heterocycles. The number of hydrogen-bond donors (Lipinski definition) is 6. The van der Waals surface area contributed by atoms with E-state index in [2.05, 4.69) is 5.32 Å². The van der Waals surface area contributed by atoms with Crippen LogP contribution >= 0.6 is 0 Å². The third-order valence-corrected chi connectivity index (χ3v) is 3.59. The summed E-state index contributed by atoms with van der Waals surface area (Å²) in [6.45, 7) is -0.116. The number of ether oxygens (including phenoxy) is 2. The lowest BCUT2D eigenvalue weighted by atomic mass is 9.99. The van der Waals surface area contributed by atoms with Gasteiger partial charge in [-0.1, -0.05) is 0 Å². The minimum atomic E-state index is -1.54. The summed E-state index contributed by atoms with van der Waals surface area (Å²) < 4.78 is 10.6. The summed E-state index contributed by atoms with van der Waals surface area (Å²) in [7, 11) is 0. The molecule has 0 aliphatic carbocycles. The molecule has 9 heteroatoms. The molecule has 2 aliphatic rings. The van der Waals surface area contributed by atoms with Crippen LogP contribution in [0.25, 0.3) is 0 Å². The predicted octanol–water partition coefficient (Wildman–Crippen LogP) is -3.38. The van der Waals surface area contributed by atoms with E-state index in [0.29, 0.717) is 13.0 Å². The summed E-state index contributed by atoms with van der Waals surface area (Å²) in [4.78, 5) is 11.0. The lowest BCUT2D eigenvalue weighted by Gasteiger charge is -2.40. The summed E-state index contributed by atoms with van der Waals surface area (Å²) in [6, 6.07) is -0.928. The Labute approximate surface area is 114 Å². The fourth-order valence-electron chi connectivity index (χ4n) is 2.42. The molecule has 2 saturated heterocycles. The Morgan fingerprint density at radius 1 is 1.25 bits per heavy atom. The average molecular weight is 293 g/mol. The van der Waals surface area contributed by atoms with Gasteiger partial charge in [0.05, 0.1) is 12.7 Å². The number of carboxylic acid groups (broad SMARTS) is 1. The van der Waals surface area contributed by atoms with Crippen molar-refractivity contribution in [3.8, 4) is 0 Å². The number of nitrogens with one attached hydrogen (secondary N) is 1. The molecular formula is C11H19NO8. The van der Waals surface area contributed by atoms with Crippen molar-refractivity contribution in [1.29, 1.82) is 0 Å². The van der Waals surface area contributed by atoms with Crippen molar-refractivity contribution in [2.45, 2.75) is 49.3 Å². The number of aliphatic hydroxyl groups excluding tert-OH is 4. The topological polar surface area (TPSA) is 149 Å². The van der Waals surface area contributed by atoms with Crippen LogP contribution in [0, 0.1) is 0 Å². The molecule has 20 heavy (non-hydrogen) atoms. The molecule has 0 spiro atoms. The van der Waals surface area contributed by atoms with Gasteiger partial charge in [-0.25, -0.2) is 0 Å². The Morgan fingerprint density at radius 3 is 2.55 bits per heavy atom. The molecule has 6 N–H and O–H groups in total. The van der Waals surface area contributed by atoms with Gasteiger partial charge in [-0.15, -0.1) is 0 Å². The smallest absolute Gasteiger partial charge is 0.323 e. The first-order valence-electron chi connectivity index (χ1n) is 6.38. The predicted molar refractivity (Wildman–Crippen MR) is 62.7 cm³/mol. The summed E-state index contributed by atoms with van der Waals surface area (Å²) in [5, 5.41) is 49.8. The second-order valence-corrected chi connectivity index (χ2v) is 4.93. The van der Waals surface area contributed by atoms with Crippen molar-refractivity contribution in [1.82, 2.24) is 5.32 Å². The Bertz CT molecular complexity index is 351. The molecule has 0 saturated carbocycles. The molecule has 0 radical (unpaired) electrons. The summed E-state index contributed by atoms with van der Waals surface area (Å²) in [5.74, 6) is -1.09. The van der Waals surface area contributed by atoms with Crippen LogP contribution in [0.15, 0.2) is 0 Å². The molecule has 0 aromatic rings. The minimum absolute atomic E-state index is 0.409. The second-order valence-electron chi connectivity index (χ2n) is 4.93. The average Bonchev–Trinajstić information content (AvgIpc) is 2.87. The van der Waals surface area contributed by atoms with Crippen molar-refractivity contribution in [3.05, 3.63) is 0 Å². The quantitative estimate of drug-likeness (QED) is 0.312. The standard InChI is InChI=1S/C11H19NO8/c13-3-5-7(14)8(15)9(16)11(20-5)19-4-1-2-12-6(4)10(17)18/h4-9,11-16H,1-3H2,(H,17,18)/t4?,5-,6+,7-,8+,9-,11?/m1/s1. The first kappa shape index (κ1) is 15.6. The van der Waals surface area contributed by atoms with Crippen LogP contribution in [0.4, 0.5) is 0 Å². The van der Waals surface area contributed by atoms with E-state index in [1.54, 1.807) is 0 Å². The number of carboxylic acids is 1. The third-order valence-electron chi connectivity index (χ3n) is 3.59. The molecule has 0 aromatic carbocycles. The van der Waals surface area contributed by atoms with Crippen LogP contribution in [0.2, 0.25) is 0 Å². The maximum atomic E-state index is 11.0. The van der Waals surface area contributed by atoms with Gasteiger partial charge < -0.3 is 40.3 Å². The van der Waals surface area contributed by atoms with Crippen LogP contribution in [0.3, 0.4) is 0 Å². The van der Waals surface area contributed by atoms with Gasteiger partial charge in [0, 0.05) is 0 Å². The van der Waals surface area contributed by atoms with Crippen molar-refractivity contribution < 1.29 is 39.8 Å². The zero-order chi connectivity index (χ0) is 14.9. The summed E-state index contributed by atoms with van der Waals surface area (Å²) in [5.41, 5.74) is 0. The van der Waals surface area contributed by atoms with Crippen molar-refractivity contribution >= 4 is 5.97 Å². The van der Waals surface area contributed by atoms with Crippen molar-refractivity contribution in [2.24, 2.45) is 0 Å². The lowest BCUT2D eigenvalue weighted by molar-refractivity contribution is -0.311. The molecule has 2 rings (SSSR count). The van der Waals surface area contributed by atoms with Gasteiger partial charge in [-0.05, 0) is 13.0 Å². The highest BCUT2D eigenvalue weighted by molar-refractivity contribution is 5.74. The van der Waals surface area contributed by atoms with E-state index in [1.807, 2.05) is 0 Å². The highest BCUT2D eigenvalue weighted by Crippen LogP contribution is 2.25. The van der Waals surface area contributed by atoms with Gasteiger partial charge >= 0.3 is 5.97 Å². The highest BCUT2D eigenvalue weighted by Gasteiger charge is 2.46. The molecule has 7 atom stereocenters. The van der Waals surface area contributed by atoms with Crippen LogP contribution in [0.5, 0.6) is 0 Å². The number of hydrogen-bond acceptors (Lipinski definition) is 8. The lowest BCUT2D eigenvalue weighted by Crippen LogP contribution is -2.60. The zero-order valence-electron chi connectivity index (χ0n) is 10.6. The van der Waals surface area contributed by atoms with Gasteiger partial charge in [0.2, 0.25) is 0 Å². The Balaban J connectivity index is 2.02. The Hall–Kier alpha value is -0.810. The maximum absolute atomic E-state index is 11.0. The Morgan fingerprint density at radius 2 is 1.95 bits per heavy atom. The third kappa shape index (κ3) is 2.93. The monoisotopic (exact) mass is 293 g/mol. The SMILES string of the molecule is O=C(O)[C@H]1NCCC1OC1O[C@H](CO)[C@@H](O)[C@H](O)[C@H]1O. The van der Waals surface area contributed by atoms with E-state index in [9.17, 15) is 20.1 Å². The zero-order valence-corrected chi connectivity index (χ0v) is 10.6. The Kier molecular flexibility index (Phi) is 4.91. The summed E-state index contributed by atoms with van der Waals surface area (Å²) >= 11 is 0. The van der Waals surface area contributed by atoms with Gasteiger partial charge in [-0.2, -0.15) is 0 Å². The normalized spacial score (nSPS) is 45.5. The highest BCUT2D eigenvalue weighted by atomic mass is 16.7. The second kappa shape index (κ2) is 6.31. The molecule has 2 unspecified atom stereocenters. The maximum Gasteiger partial charge on any atom is 0.323 e. The van der Waals surface area contributed by atoms with Gasteiger partial charge in [-0.3, -0.25) is 4.79 Å². The van der Waals surface area contributed by atoms with Crippen molar-refractivity contribution in [2.75, 3.05) is 13.2 Å². The van der Waals surface area contributed by atoms with Gasteiger partial charge in [0.15, 0.2) is 6.29 Å². The molecule has 116 valence electrons.